The fraction of sp³-hybridized carbons (Fsp3) is 0.267. The van der Waals surface area contributed by atoms with Crippen molar-refractivity contribution in [3.8, 4) is 0 Å². The molecule has 0 spiro atoms. The molecule has 2 aromatic rings. The van der Waals surface area contributed by atoms with Crippen molar-refractivity contribution in [3.05, 3.63) is 59.8 Å². The first-order valence-corrected chi connectivity index (χ1v) is 6.49. The van der Waals surface area contributed by atoms with Gasteiger partial charge in [0.15, 0.2) is 0 Å². The standard InChI is InChI=1S/C15H17FN2O2/c16-14-6-2-1-4-12(14)7-8-17-11-15(19)18-10-13-5-3-9-20-13/h1-6,9,17H,7-8,10-11H2,(H,18,19). The summed E-state index contributed by atoms with van der Waals surface area (Å²) in [7, 11) is 0. The van der Waals surface area contributed by atoms with E-state index in [2.05, 4.69) is 10.6 Å². The lowest BCUT2D eigenvalue weighted by Gasteiger charge is -2.06. The minimum Gasteiger partial charge on any atom is -0.467 e. The molecule has 0 unspecified atom stereocenters. The van der Waals surface area contributed by atoms with Crippen LogP contribution in [-0.4, -0.2) is 19.0 Å². The second kappa shape index (κ2) is 7.45. The van der Waals surface area contributed by atoms with E-state index in [1.165, 1.54) is 6.07 Å². The normalized spacial score (nSPS) is 10.4. The number of carbonyl (C=O) groups excluding carboxylic acids is 1. The van der Waals surface area contributed by atoms with Gasteiger partial charge in [-0.3, -0.25) is 4.79 Å². The SMILES string of the molecule is O=C(CNCCc1ccccc1F)NCc1ccco1. The highest BCUT2D eigenvalue weighted by Gasteiger charge is 2.03. The second-order valence-corrected chi connectivity index (χ2v) is 4.37. The fourth-order valence-electron chi connectivity index (χ4n) is 1.79. The Morgan fingerprint density at radius 3 is 2.80 bits per heavy atom. The van der Waals surface area contributed by atoms with Crippen LogP contribution in [0.1, 0.15) is 11.3 Å². The summed E-state index contributed by atoms with van der Waals surface area (Å²) in [6, 6.07) is 10.2. The van der Waals surface area contributed by atoms with Gasteiger partial charge in [-0.2, -0.15) is 0 Å². The van der Waals surface area contributed by atoms with Gasteiger partial charge in [-0.1, -0.05) is 18.2 Å². The van der Waals surface area contributed by atoms with Crippen LogP contribution in [0.5, 0.6) is 0 Å². The molecule has 2 N–H and O–H groups in total. The van der Waals surface area contributed by atoms with Gasteiger partial charge in [0.2, 0.25) is 5.91 Å². The summed E-state index contributed by atoms with van der Waals surface area (Å²) < 4.78 is 18.4. The first-order valence-electron chi connectivity index (χ1n) is 6.49. The third-order valence-electron chi connectivity index (χ3n) is 2.85. The van der Waals surface area contributed by atoms with E-state index in [-0.39, 0.29) is 18.3 Å². The average molecular weight is 276 g/mol. The smallest absolute Gasteiger partial charge is 0.234 e. The topological polar surface area (TPSA) is 54.3 Å². The van der Waals surface area contributed by atoms with E-state index in [1.54, 1.807) is 36.6 Å². The third-order valence-corrected chi connectivity index (χ3v) is 2.85. The van der Waals surface area contributed by atoms with Crippen molar-refractivity contribution in [1.82, 2.24) is 10.6 Å². The molecule has 1 aromatic heterocycles. The molecule has 106 valence electrons. The number of hydrogen-bond donors (Lipinski definition) is 2. The molecule has 1 amide bonds. The predicted molar refractivity (Wildman–Crippen MR) is 73.5 cm³/mol. The van der Waals surface area contributed by atoms with E-state index in [9.17, 15) is 9.18 Å². The van der Waals surface area contributed by atoms with Crippen LogP contribution in [0.15, 0.2) is 47.1 Å². The predicted octanol–water partition coefficient (Wildman–Crippen LogP) is 1.87. The molecular formula is C15H17FN2O2. The van der Waals surface area contributed by atoms with Gasteiger partial charge in [0.05, 0.1) is 19.4 Å². The quantitative estimate of drug-likeness (QED) is 0.759. The molecule has 1 heterocycles. The summed E-state index contributed by atoms with van der Waals surface area (Å²) >= 11 is 0. The van der Waals surface area contributed by atoms with Crippen molar-refractivity contribution >= 4 is 5.91 Å². The lowest BCUT2D eigenvalue weighted by molar-refractivity contribution is -0.120. The molecule has 0 aliphatic carbocycles. The Hall–Kier alpha value is -2.14. The summed E-state index contributed by atoms with van der Waals surface area (Å²) in [4.78, 5) is 11.5. The van der Waals surface area contributed by atoms with Gasteiger partial charge in [-0.15, -0.1) is 0 Å². The fourth-order valence-corrected chi connectivity index (χ4v) is 1.79. The molecule has 0 saturated heterocycles. The highest BCUT2D eigenvalue weighted by atomic mass is 19.1. The Bertz CT molecular complexity index is 541. The maximum atomic E-state index is 13.3. The molecule has 0 fully saturated rings. The highest BCUT2D eigenvalue weighted by Crippen LogP contribution is 2.05. The highest BCUT2D eigenvalue weighted by molar-refractivity contribution is 5.77. The zero-order valence-corrected chi connectivity index (χ0v) is 11.1. The van der Waals surface area contributed by atoms with Gasteiger partial charge in [0.25, 0.3) is 0 Å². The van der Waals surface area contributed by atoms with Crippen LogP contribution >= 0.6 is 0 Å². The average Bonchev–Trinajstić information content (AvgIpc) is 2.96. The van der Waals surface area contributed by atoms with Gasteiger partial charge >= 0.3 is 0 Å². The van der Waals surface area contributed by atoms with Crippen molar-refractivity contribution < 1.29 is 13.6 Å². The Kier molecular flexibility index (Phi) is 5.32. The van der Waals surface area contributed by atoms with E-state index >= 15 is 0 Å². The van der Waals surface area contributed by atoms with E-state index in [0.29, 0.717) is 30.8 Å². The Balaban J connectivity index is 1.61. The maximum absolute atomic E-state index is 13.3. The molecule has 0 atom stereocenters. The molecule has 4 nitrogen and oxygen atoms in total. The van der Waals surface area contributed by atoms with Crippen LogP contribution in [-0.2, 0) is 17.8 Å². The zero-order valence-electron chi connectivity index (χ0n) is 11.1. The van der Waals surface area contributed by atoms with Crippen molar-refractivity contribution in [2.24, 2.45) is 0 Å². The van der Waals surface area contributed by atoms with Gasteiger partial charge in [-0.25, -0.2) is 4.39 Å². The number of hydrogen-bond acceptors (Lipinski definition) is 3. The molecule has 0 saturated carbocycles. The van der Waals surface area contributed by atoms with E-state index in [1.807, 2.05) is 0 Å². The van der Waals surface area contributed by atoms with Gasteiger partial charge in [-0.05, 0) is 36.7 Å². The number of carbonyl (C=O) groups is 1. The molecule has 0 aliphatic heterocycles. The van der Waals surface area contributed by atoms with Crippen molar-refractivity contribution in [1.29, 1.82) is 0 Å². The molecule has 2 rings (SSSR count). The third kappa shape index (κ3) is 4.51. The Morgan fingerprint density at radius 1 is 1.20 bits per heavy atom. The first kappa shape index (κ1) is 14.3. The van der Waals surface area contributed by atoms with E-state index in [4.69, 9.17) is 4.42 Å². The van der Waals surface area contributed by atoms with Crippen molar-refractivity contribution in [3.63, 3.8) is 0 Å². The first-order chi connectivity index (χ1) is 9.75. The molecule has 5 heteroatoms. The minimum atomic E-state index is -0.212. The molecule has 20 heavy (non-hydrogen) atoms. The number of furan rings is 1. The van der Waals surface area contributed by atoms with Crippen LogP contribution in [0, 0.1) is 5.82 Å². The Labute approximate surface area is 117 Å². The molecular weight excluding hydrogens is 259 g/mol. The van der Waals surface area contributed by atoms with Crippen molar-refractivity contribution in [2.45, 2.75) is 13.0 Å². The zero-order chi connectivity index (χ0) is 14.2. The monoisotopic (exact) mass is 276 g/mol. The van der Waals surface area contributed by atoms with Crippen LogP contribution in [0.3, 0.4) is 0 Å². The summed E-state index contributed by atoms with van der Waals surface area (Å²) in [5.41, 5.74) is 0.649. The van der Waals surface area contributed by atoms with Crippen LogP contribution in [0.2, 0.25) is 0 Å². The second-order valence-electron chi connectivity index (χ2n) is 4.37. The van der Waals surface area contributed by atoms with E-state index < -0.39 is 0 Å². The van der Waals surface area contributed by atoms with Crippen LogP contribution in [0.4, 0.5) is 4.39 Å². The van der Waals surface area contributed by atoms with Gasteiger partial charge in [0.1, 0.15) is 11.6 Å². The number of halogens is 1. The number of benzene rings is 1. The van der Waals surface area contributed by atoms with Crippen LogP contribution < -0.4 is 10.6 Å². The summed E-state index contributed by atoms with van der Waals surface area (Å²) in [5, 5.41) is 5.71. The lowest BCUT2D eigenvalue weighted by atomic mass is 10.1. The lowest BCUT2D eigenvalue weighted by Crippen LogP contribution is -2.34. The molecule has 0 aliphatic rings. The van der Waals surface area contributed by atoms with E-state index in [0.717, 1.165) is 0 Å². The summed E-state index contributed by atoms with van der Waals surface area (Å²) in [6.07, 6.45) is 2.12. The molecule has 0 bridgehead atoms. The molecule has 0 radical (unpaired) electrons. The maximum Gasteiger partial charge on any atom is 0.234 e. The van der Waals surface area contributed by atoms with Crippen molar-refractivity contribution in [2.75, 3.05) is 13.1 Å². The number of amides is 1. The molecule has 1 aromatic carbocycles. The minimum absolute atomic E-state index is 0.116. The van der Waals surface area contributed by atoms with Gasteiger partial charge < -0.3 is 15.1 Å². The number of rotatable bonds is 7. The summed E-state index contributed by atoms with van der Waals surface area (Å²) in [5.74, 6) is 0.385. The Morgan fingerprint density at radius 2 is 2.05 bits per heavy atom. The van der Waals surface area contributed by atoms with Gasteiger partial charge in [0, 0.05) is 0 Å². The van der Waals surface area contributed by atoms with Crippen LogP contribution in [0.25, 0.3) is 0 Å². The number of nitrogens with one attached hydrogen (secondary N) is 2. The largest absolute Gasteiger partial charge is 0.467 e. The summed E-state index contributed by atoms with van der Waals surface area (Å²) in [6.45, 7) is 1.13.